The number of nitrogens with zero attached hydrogens (tertiary/aromatic N) is 3. The van der Waals surface area contributed by atoms with Crippen molar-refractivity contribution in [3.8, 4) is 11.8 Å². The van der Waals surface area contributed by atoms with E-state index in [4.69, 9.17) is 19.9 Å². The quantitative estimate of drug-likeness (QED) is 0.176. The smallest absolute Gasteiger partial charge is 0.328 e. The summed E-state index contributed by atoms with van der Waals surface area (Å²) in [6.07, 6.45) is 0. The molecule has 0 radical (unpaired) electrons. The highest BCUT2D eigenvalue weighted by Gasteiger charge is 2.19. The standard InChI is InChI=1S/C22H24F4N6O3/c23-15-4-2-1-3-14(15)13-29-21-30-20(28-8-10-34-12-11-33-9-7-27)31-22(32-21)35-19-17(25)6-5-16(24)18(19)26/h1-6H,7-13,27H2,(H2,28,29,30,31,32). The number of benzene rings is 2. The predicted octanol–water partition coefficient (Wildman–Crippen LogP) is 3.24. The minimum atomic E-state index is -1.54. The molecule has 1 heterocycles. The number of halogens is 4. The fourth-order valence-corrected chi connectivity index (χ4v) is 2.71. The molecular weight excluding hydrogens is 472 g/mol. The van der Waals surface area contributed by atoms with Crippen LogP contribution in [0.1, 0.15) is 5.56 Å². The van der Waals surface area contributed by atoms with Crippen LogP contribution in [0.2, 0.25) is 0 Å². The van der Waals surface area contributed by atoms with Crippen molar-refractivity contribution in [2.24, 2.45) is 5.73 Å². The number of rotatable bonds is 14. The van der Waals surface area contributed by atoms with Gasteiger partial charge in [0, 0.05) is 25.2 Å². The van der Waals surface area contributed by atoms with E-state index in [2.05, 4.69) is 25.6 Å². The van der Waals surface area contributed by atoms with Crippen molar-refractivity contribution in [2.75, 3.05) is 50.2 Å². The zero-order valence-electron chi connectivity index (χ0n) is 18.6. The van der Waals surface area contributed by atoms with Crippen LogP contribution >= 0.6 is 0 Å². The highest BCUT2D eigenvalue weighted by atomic mass is 19.2. The van der Waals surface area contributed by atoms with Gasteiger partial charge < -0.3 is 30.6 Å². The van der Waals surface area contributed by atoms with Crippen LogP contribution in [0.25, 0.3) is 0 Å². The Morgan fingerprint density at radius 1 is 0.743 bits per heavy atom. The Labute approximate surface area is 198 Å². The Morgan fingerprint density at radius 2 is 1.43 bits per heavy atom. The molecule has 4 N–H and O–H groups in total. The van der Waals surface area contributed by atoms with E-state index in [-0.39, 0.29) is 31.6 Å². The summed E-state index contributed by atoms with van der Waals surface area (Å²) in [5.41, 5.74) is 5.66. The molecule has 0 aliphatic rings. The van der Waals surface area contributed by atoms with E-state index < -0.39 is 35.0 Å². The summed E-state index contributed by atoms with van der Waals surface area (Å²) in [4.78, 5) is 12.0. The Balaban J connectivity index is 1.70. The number of hydrogen-bond donors (Lipinski definition) is 3. The first-order valence-corrected chi connectivity index (χ1v) is 10.6. The Morgan fingerprint density at radius 3 is 2.17 bits per heavy atom. The van der Waals surface area contributed by atoms with Gasteiger partial charge in [-0.3, -0.25) is 0 Å². The molecule has 35 heavy (non-hydrogen) atoms. The van der Waals surface area contributed by atoms with Crippen molar-refractivity contribution in [3.05, 3.63) is 65.2 Å². The van der Waals surface area contributed by atoms with Crippen LogP contribution in [0.3, 0.4) is 0 Å². The fraction of sp³-hybridized carbons (Fsp3) is 0.318. The van der Waals surface area contributed by atoms with Gasteiger partial charge in [-0.15, -0.1) is 0 Å². The van der Waals surface area contributed by atoms with Gasteiger partial charge >= 0.3 is 6.01 Å². The molecule has 0 aliphatic heterocycles. The second-order valence-electron chi connectivity index (χ2n) is 6.92. The van der Waals surface area contributed by atoms with Gasteiger partial charge in [0.25, 0.3) is 0 Å². The second kappa shape index (κ2) is 13.4. The van der Waals surface area contributed by atoms with E-state index in [9.17, 15) is 17.6 Å². The molecule has 9 nitrogen and oxygen atoms in total. The monoisotopic (exact) mass is 496 g/mol. The third-order valence-electron chi connectivity index (χ3n) is 4.37. The van der Waals surface area contributed by atoms with Crippen LogP contribution in [-0.4, -0.2) is 54.5 Å². The Kier molecular flexibility index (Phi) is 9.95. The lowest BCUT2D eigenvalue weighted by Gasteiger charge is -2.12. The SMILES string of the molecule is NCCOCCOCCNc1nc(NCc2ccccc2F)nc(Oc2c(F)ccc(F)c2F)n1. The van der Waals surface area contributed by atoms with E-state index in [0.29, 0.717) is 44.1 Å². The maximum atomic E-state index is 14.0. The van der Waals surface area contributed by atoms with Crippen LogP contribution in [0.15, 0.2) is 36.4 Å². The van der Waals surface area contributed by atoms with Gasteiger partial charge in [0.2, 0.25) is 23.5 Å². The van der Waals surface area contributed by atoms with Crippen LogP contribution in [0.5, 0.6) is 11.8 Å². The van der Waals surface area contributed by atoms with E-state index in [1.54, 1.807) is 18.2 Å². The number of hydrogen-bond acceptors (Lipinski definition) is 9. The summed E-state index contributed by atoms with van der Waals surface area (Å²) in [6.45, 7) is 2.11. The average Bonchev–Trinajstić information content (AvgIpc) is 2.85. The molecule has 13 heteroatoms. The Hall–Kier alpha value is -3.55. The van der Waals surface area contributed by atoms with Crippen molar-refractivity contribution < 1.29 is 31.8 Å². The summed E-state index contributed by atoms with van der Waals surface area (Å²) in [5.74, 6) is -5.54. The molecule has 3 rings (SSSR count). The van der Waals surface area contributed by atoms with Crippen LogP contribution in [0.4, 0.5) is 29.5 Å². The molecule has 0 bridgehead atoms. The molecule has 0 amide bonds. The number of nitrogens with two attached hydrogens (primary N) is 1. The third-order valence-corrected chi connectivity index (χ3v) is 4.37. The summed E-state index contributed by atoms with van der Waals surface area (Å²) >= 11 is 0. The maximum Gasteiger partial charge on any atom is 0.328 e. The van der Waals surface area contributed by atoms with Gasteiger partial charge in [-0.2, -0.15) is 19.3 Å². The number of anilines is 2. The zero-order chi connectivity index (χ0) is 25.0. The minimum Gasteiger partial charge on any atom is -0.418 e. The first-order valence-electron chi connectivity index (χ1n) is 10.6. The minimum absolute atomic E-state index is 0.00413. The van der Waals surface area contributed by atoms with Gasteiger partial charge in [0.1, 0.15) is 5.82 Å². The zero-order valence-corrected chi connectivity index (χ0v) is 18.6. The van der Waals surface area contributed by atoms with Crippen LogP contribution < -0.4 is 21.1 Å². The first-order chi connectivity index (χ1) is 17.0. The molecule has 3 aromatic rings. The molecule has 1 aromatic heterocycles. The average molecular weight is 496 g/mol. The number of aromatic nitrogens is 3. The van der Waals surface area contributed by atoms with E-state index >= 15 is 0 Å². The van der Waals surface area contributed by atoms with Gasteiger partial charge in [0.05, 0.1) is 26.4 Å². The van der Waals surface area contributed by atoms with Gasteiger partial charge in [-0.25, -0.2) is 13.2 Å². The van der Waals surface area contributed by atoms with Crippen molar-refractivity contribution in [1.82, 2.24) is 15.0 Å². The molecule has 0 aliphatic carbocycles. The summed E-state index contributed by atoms with van der Waals surface area (Å²) in [7, 11) is 0. The maximum absolute atomic E-state index is 14.0. The Bertz CT molecular complexity index is 1110. The van der Waals surface area contributed by atoms with Gasteiger partial charge in [0.15, 0.2) is 11.6 Å². The van der Waals surface area contributed by atoms with Crippen LogP contribution in [-0.2, 0) is 16.0 Å². The predicted molar refractivity (Wildman–Crippen MR) is 119 cm³/mol. The van der Waals surface area contributed by atoms with Crippen molar-refractivity contribution >= 4 is 11.9 Å². The molecule has 0 saturated carbocycles. The molecular formula is C22H24F4N6O3. The topological polar surface area (TPSA) is 116 Å². The largest absolute Gasteiger partial charge is 0.418 e. The van der Waals surface area contributed by atoms with E-state index in [0.717, 1.165) is 0 Å². The lowest BCUT2D eigenvalue weighted by Crippen LogP contribution is -2.16. The van der Waals surface area contributed by atoms with Crippen molar-refractivity contribution in [2.45, 2.75) is 6.54 Å². The summed E-state index contributed by atoms with van der Waals surface area (Å²) < 4.78 is 71.2. The summed E-state index contributed by atoms with van der Waals surface area (Å²) in [5, 5.41) is 5.66. The first kappa shape index (κ1) is 26.1. The van der Waals surface area contributed by atoms with E-state index in [1.165, 1.54) is 6.07 Å². The van der Waals surface area contributed by atoms with E-state index in [1.807, 2.05) is 0 Å². The normalized spacial score (nSPS) is 10.9. The highest BCUT2D eigenvalue weighted by Crippen LogP contribution is 2.28. The molecule has 0 unspecified atom stereocenters. The second-order valence-corrected chi connectivity index (χ2v) is 6.92. The van der Waals surface area contributed by atoms with Crippen molar-refractivity contribution in [3.63, 3.8) is 0 Å². The molecule has 0 saturated heterocycles. The molecule has 0 atom stereocenters. The van der Waals surface area contributed by atoms with Crippen molar-refractivity contribution in [1.29, 1.82) is 0 Å². The molecule has 2 aromatic carbocycles. The number of nitrogens with one attached hydrogen (secondary N) is 2. The van der Waals surface area contributed by atoms with Gasteiger partial charge in [-0.05, 0) is 18.2 Å². The third kappa shape index (κ3) is 8.02. The van der Waals surface area contributed by atoms with Gasteiger partial charge in [-0.1, -0.05) is 18.2 Å². The molecule has 0 fully saturated rings. The van der Waals surface area contributed by atoms with Crippen LogP contribution in [0, 0.1) is 23.3 Å². The summed E-state index contributed by atoms with van der Waals surface area (Å²) in [6, 6.07) is 6.88. The highest BCUT2D eigenvalue weighted by molar-refractivity contribution is 5.38. The molecule has 0 spiro atoms. The fourth-order valence-electron chi connectivity index (χ4n) is 2.71. The molecule has 188 valence electrons. The lowest BCUT2D eigenvalue weighted by molar-refractivity contribution is 0.0547. The number of ether oxygens (including phenoxy) is 3. The lowest BCUT2D eigenvalue weighted by atomic mass is 10.2.